The summed E-state index contributed by atoms with van der Waals surface area (Å²) < 4.78 is 10.4. The SMILES string of the molecule is COC(=O)CCN(Cc1ccccc1)C(=O)COc1cc(C)ccc1C. The Kier molecular flexibility index (Phi) is 7.21. The average Bonchev–Trinajstić information content (AvgIpc) is 2.66. The minimum atomic E-state index is -0.341. The molecule has 2 aromatic rings. The Morgan fingerprint density at radius 3 is 2.46 bits per heavy atom. The van der Waals surface area contributed by atoms with E-state index in [1.807, 2.05) is 62.4 Å². The van der Waals surface area contributed by atoms with Crippen LogP contribution in [0.25, 0.3) is 0 Å². The van der Waals surface area contributed by atoms with E-state index in [-0.39, 0.29) is 31.4 Å². The summed E-state index contributed by atoms with van der Waals surface area (Å²) >= 11 is 0. The number of ether oxygens (including phenoxy) is 2. The van der Waals surface area contributed by atoms with E-state index in [9.17, 15) is 9.59 Å². The lowest BCUT2D eigenvalue weighted by Crippen LogP contribution is -2.36. The van der Waals surface area contributed by atoms with E-state index in [0.29, 0.717) is 12.3 Å². The Balaban J connectivity index is 2.03. The number of hydrogen-bond donors (Lipinski definition) is 0. The van der Waals surface area contributed by atoms with Crippen molar-refractivity contribution in [3.63, 3.8) is 0 Å². The number of benzene rings is 2. The predicted molar refractivity (Wildman–Crippen MR) is 99.9 cm³/mol. The molecule has 5 heteroatoms. The molecule has 0 spiro atoms. The highest BCUT2D eigenvalue weighted by Crippen LogP contribution is 2.19. The van der Waals surface area contributed by atoms with Gasteiger partial charge in [0.25, 0.3) is 5.91 Å². The fourth-order valence-electron chi connectivity index (χ4n) is 2.52. The molecular weight excluding hydrogens is 330 g/mol. The Morgan fingerprint density at radius 1 is 1.04 bits per heavy atom. The maximum atomic E-state index is 12.7. The molecule has 1 amide bonds. The molecule has 0 unspecified atom stereocenters. The molecule has 0 fully saturated rings. The summed E-state index contributed by atoms with van der Waals surface area (Å²) in [5.41, 5.74) is 3.05. The first-order valence-electron chi connectivity index (χ1n) is 8.58. The van der Waals surface area contributed by atoms with Gasteiger partial charge in [0, 0.05) is 13.1 Å². The molecule has 0 heterocycles. The molecular formula is C21H25NO4. The number of esters is 1. The van der Waals surface area contributed by atoms with Crippen molar-refractivity contribution in [2.45, 2.75) is 26.8 Å². The molecule has 0 saturated carbocycles. The fraction of sp³-hybridized carbons (Fsp3) is 0.333. The van der Waals surface area contributed by atoms with Gasteiger partial charge in [-0.15, -0.1) is 0 Å². The van der Waals surface area contributed by atoms with Crippen LogP contribution < -0.4 is 4.74 Å². The van der Waals surface area contributed by atoms with E-state index >= 15 is 0 Å². The number of methoxy groups -OCH3 is 1. The van der Waals surface area contributed by atoms with Crippen LogP contribution in [0, 0.1) is 13.8 Å². The molecule has 0 aliphatic heterocycles. The second kappa shape index (κ2) is 9.61. The monoisotopic (exact) mass is 355 g/mol. The van der Waals surface area contributed by atoms with Crippen LogP contribution in [0.5, 0.6) is 5.75 Å². The van der Waals surface area contributed by atoms with Gasteiger partial charge in [-0.05, 0) is 36.6 Å². The fourth-order valence-corrected chi connectivity index (χ4v) is 2.52. The van der Waals surface area contributed by atoms with Crippen LogP contribution in [0.4, 0.5) is 0 Å². The average molecular weight is 355 g/mol. The normalized spacial score (nSPS) is 10.3. The Labute approximate surface area is 154 Å². The summed E-state index contributed by atoms with van der Waals surface area (Å²) in [6.07, 6.45) is 0.151. The smallest absolute Gasteiger partial charge is 0.307 e. The van der Waals surface area contributed by atoms with Gasteiger partial charge >= 0.3 is 5.97 Å². The van der Waals surface area contributed by atoms with Gasteiger partial charge in [-0.25, -0.2) is 0 Å². The van der Waals surface area contributed by atoms with E-state index in [1.165, 1.54) is 7.11 Å². The molecule has 0 bridgehead atoms. The summed E-state index contributed by atoms with van der Waals surface area (Å²) in [5, 5.41) is 0. The Morgan fingerprint density at radius 2 is 1.77 bits per heavy atom. The molecule has 2 rings (SSSR count). The number of nitrogens with zero attached hydrogens (tertiary/aromatic N) is 1. The minimum absolute atomic E-state index is 0.0711. The highest BCUT2D eigenvalue weighted by atomic mass is 16.5. The van der Waals surface area contributed by atoms with Crippen LogP contribution in [0.2, 0.25) is 0 Å². The van der Waals surface area contributed by atoms with E-state index in [1.54, 1.807) is 4.90 Å². The molecule has 0 aromatic heterocycles. The summed E-state index contributed by atoms with van der Waals surface area (Å²) in [6, 6.07) is 15.5. The predicted octanol–water partition coefficient (Wildman–Crippen LogP) is 3.27. The van der Waals surface area contributed by atoms with Crippen molar-refractivity contribution in [3.8, 4) is 5.75 Å². The molecule has 0 aliphatic carbocycles. The topological polar surface area (TPSA) is 55.8 Å². The van der Waals surface area contributed by atoms with Crippen molar-refractivity contribution in [1.29, 1.82) is 0 Å². The van der Waals surface area contributed by atoms with E-state index in [2.05, 4.69) is 4.74 Å². The third-order valence-electron chi connectivity index (χ3n) is 4.08. The van der Waals surface area contributed by atoms with Crippen LogP contribution in [-0.4, -0.2) is 37.0 Å². The molecule has 0 aliphatic rings. The van der Waals surface area contributed by atoms with Crippen LogP contribution in [-0.2, 0) is 20.9 Å². The standard InChI is InChI=1S/C21H25NO4/c1-16-9-10-17(2)19(13-16)26-15-20(23)22(12-11-21(24)25-3)14-18-7-5-4-6-8-18/h4-10,13H,11-12,14-15H2,1-3H3. The van der Waals surface area contributed by atoms with Crippen LogP contribution in [0.15, 0.2) is 48.5 Å². The largest absolute Gasteiger partial charge is 0.483 e. The summed E-state index contributed by atoms with van der Waals surface area (Å²) in [6.45, 7) is 4.56. The lowest BCUT2D eigenvalue weighted by molar-refractivity contribution is -0.142. The molecule has 0 N–H and O–H groups in total. The first-order chi connectivity index (χ1) is 12.5. The lowest BCUT2D eigenvalue weighted by atomic mass is 10.1. The molecule has 2 aromatic carbocycles. The number of rotatable bonds is 8. The highest BCUT2D eigenvalue weighted by Gasteiger charge is 2.17. The quantitative estimate of drug-likeness (QED) is 0.682. The Bertz CT molecular complexity index is 743. The summed E-state index contributed by atoms with van der Waals surface area (Å²) in [5.74, 6) is 0.191. The number of carbonyl (C=O) groups excluding carboxylic acids is 2. The number of amides is 1. The van der Waals surface area contributed by atoms with E-state index in [4.69, 9.17) is 4.74 Å². The maximum Gasteiger partial charge on any atom is 0.307 e. The molecule has 5 nitrogen and oxygen atoms in total. The van der Waals surface area contributed by atoms with Crippen LogP contribution in [0.1, 0.15) is 23.1 Å². The van der Waals surface area contributed by atoms with Crippen molar-refractivity contribution in [2.24, 2.45) is 0 Å². The van der Waals surface area contributed by atoms with Crippen molar-refractivity contribution in [3.05, 3.63) is 65.2 Å². The minimum Gasteiger partial charge on any atom is -0.483 e. The van der Waals surface area contributed by atoms with Crippen molar-refractivity contribution < 1.29 is 19.1 Å². The first kappa shape index (κ1) is 19.5. The third-order valence-corrected chi connectivity index (χ3v) is 4.08. The maximum absolute atomic E-state index is 12.7. The number of aryl methyl sites for hydroxylation is 2. The van der Waals surface area contributed by atoms with E-state index in [0.717, 1.165) is 16.7 Å². The molecule has 138 valence electrons. The van der Waals surface area contributed by atoms with Crippen LogP contribution in [0.3, 0.4) is 0 Å². The van der Waals surface area contributed by atoms with Crippen molar-refractivity contribution >= 4 is 11.9 Å². The van der Waals surface area contributed by atoms with Crippen molar-refractivity contribution in [2.75, 3.05) is 20.3 Å². The van der Waals surface area contributed by atoms with Gasteiger partial charge in [-0.1, -0.05) is 42.5 Å². The number of hydrogen-bond acceptors (Lipinski definition) is 4. The van der Waals surface area contributed by atoms with Gasteiger partial charge in [-0.2, -0.15) is 0 Å². The zero-order chi connectivity index (χ0) is 18.9. The van der Waals surface area contributed by atoms with Crippen molar-refractivity contribution in [1.82, 2.24) is 4.90 Å². The summed E-state index contributed by atoms with van der Waals surface area (Å²) in [7, 11) is 1.34. The summed E-state index contributed by atoms with van der Waals surface area (Å²) in [4.78, 5) is 25.8. The van der Waals surface area contributed by atoms with Gasteiger partial charge in [0.1, 0.15) is 5.75 Å². The number of carbonyl (C=O) groups is 2. The van der Waals surface area contributed by atoms with Gasteiger partial charge in [0.05, 0.1) is 13.5 Å². The van der Waals surface area contributed by atoms with Gasteiger partial charge in [-0.3, -0.25) is 9.59 Å². The van der Waals surface area contributed by atoms with Gasteiger partial charge in [0.15, 0.2) is 6.61 Å². The third kappa shape index (κ3) is 5.92. The molecule has 0 atom stereocenters. The van der Waals surface area contributed by atoms with Gasteiger partial charge in [0.2, 0.25) is 0 Å². The lowest BCUT2D eigenvalue weighted by Gasteiger charge is -2.23. The molecule has 0 saturated heterocycles. The highest BCUT2D eigenvalue weighted by molar-refractivity contribution is 5.78. The molecule has 0 radical (unpaired) electrons. The first-order valence-corrected chi connectivity index (χ1v) is 8.58. The zero-order valence-electron chi connectivity index (χ0n) is 15.5. The van der Waals surface area contributed by atoms with Crippen LogP contribution >= 0.6 is 0 Å². The Hall–Kier alpha value is -2.82. The van der Waals surface area contributed by atoms with E-state index < -0.39 is 0 Å². The second-order valence-corrected chi connectivity index (χ2v) is 6.18. The van der Waals surface area contributed by atoms with Gasteiger partial charge < -0.3 is 14.4 Å². The zero-order valence-corrected chi connectivity index (χ0v) is 15.5. The second-order valence-electron chi connectivity index (χ2n) is 6.18. The molecule has 26 heavy (non-hydrogen) atoms.